The molecule has 0 radical (unpaired) electrons. The number of halogens is 4. The zero-order valence-electron chi connectivity index (χ0n) is 18.9. The Labute approximate surface area is 191 Å². The third-order valence-electron chi connectivity index (χ3n) is 6.05. The van der Waals surface area contributed by atoms with Crippen molar-refractivity contribution in [2.75, 3.05) is 53.9 Å². The zero-order chi connectivity index (χ0) is 24.0. The van der Waals surface area contributed by atoms with Crippen molar-refractivity contribution in [3.8, 4) is 11.1 Å². The number of hydrogen-bond donors (Lipinski definition) is 0. The van der Waals surface area contributed by atoms with Gasteiger partial charge in [-0.1, -0.05) is 48.5 Å². The summed E-state index contributed by atoms with van der Waals surface area (Å²) in [7, 11) is 2.91. The fourth-order valence-electron chi connectivity index (χ4n) is 4.52. The van der Waals surface area contributed by atoms with Gasteiger partial charge in [-0.15, -0.1) is 0 Å². The van der Waals surface area contributed by atoms with Gasteiger partial charge in [0, 0.05) is 20.8 Å². The van der Waals surface area contributed by atoms with E-state index in [1.54, 1.807) is 36.4 Å². The first-order valence-electron chi connectivity index (χ1n) is 10.9. The molecule has 0 N–H and O–H groups in total. The Morgan fingerprint density at radius 2 is 1.21 bits per heavy atom. The predicted molar refractivity (Wildman–Crippen MR) is 117 cm³/mol. The molecule has 33 heavy (non-hydrogen) atoms. The fraction of sp³-hybridized carbons (Fsp3) is 0.520. The van der Waals surface area contributed by atoms with E-state index in [1.165, 1.54) is 26.4 Å². The lowest BCUT2D eigenvalue weighted by Crippen LogP contribution is -2.58. The van der Waals surface area contributed by atoms with Gasteiger partial charge in [-0.25, -0.2) is 0 Å². The molecule has 4 nitrogen and oxygen atoms in total. The van der Waals surface area contributed by atoms with Crippen molar-refractivity contribution in [3.63, 3.8) is 0 Å². The van der Waals surface area contributed by atoms with Crippen LogP contribution in [-0.4, -0.2) is 65.7 Å². The van der Waals surface area contributed by atoms with Crippen LogP contribution < -0.4 is 0 Å². The van der Waals surface area contributed by atoms with Crippen LogP contribution in [0.5, 0.6) is 0 Å². The molecule has 8 heteroatoms. The first kappa shape index (κ1) is 25.6. The highest BCUT2D eigenvalue weighted by Crippen LogP contribution is 2.61. The highest BCUT2D eigenvalue weighted by atomic mass is 19.3. The van der Waals surface area contributed by atoms with Gasteiger partial charge in [0.15, 0.2) is 0 Å². The average molecular weight is 471 g/mol. The Hall–Kier alpha value is -2.00. The predicted octanol–water partition coefficient (Wildman–Crippen LogP) is 5.33. The Kier molecular flexibility index (Phi) is 8.50. The fourth-order valence-corrected chi connectivity index (χ4v) is 4.52. The SMILES string of the molecule is COCCOCCCC1(C(F)(F)C(F)(F)COCCOC)c2ccccc2-c2ccccc21. The molecule has 3 rings (SSSR count). The highest BCUT2D eigenvalue weighted by Gasteiger charge is 2.71. The summed E-state index contributed by atoms with van der Waals surface area (Å²) in [5.41, 5.74) is -0.735. The maximum Gasteiger partial charge on any atom is 0.334 e. The summed E-state index contributed by atoms with van der Waals surface area (Å²) < 4.78 is 82.7. The molecule has 1 aliphatic rings. The molecule has 0 fully saturated rings. The van der Waals surface area contributed by atoms with E-state index in [-0.39, 0.29) is 43.8 Å². The smallest absolute Gasteiger partial charge is 0.334 e. The van der Waals surface area contributed by atoms with Gasteiger partial charge >= 0.3 is 11.8 Å². The van der Waals surface area contributed by atoms with E-state index < -0.39 is 23.9 Å². The number of benzene rings is 2. The van der Waals surface area contributed by atoms with E-state index in [0.29, 0.717) is 24.3 Å². The van der Waals surface area contributed by atoms with Gasteiger partial charge in [-0.2, -0.15) is 17.6 Å². The Morgan fingerprint density at radius 1 is 0.697 bits per heavy atom. The first-order chi connectivity index (χ1) is 15.8. The number of fused-ring (bicyclic) bond motifs is 3. The van der Waals surface area contributed by atoms with Crippen LogP contribution in [-0.2, 0) is 24.4 Å². The summed E-state index contributed by atoms with van der Waals surface area (Å²) >= 11 is 0. The maximum absolute atomic E-state index is 16.1. The van der Waals surface area contributed by atoms with Crippen LogP contribution in [0.1, 0.15) is 24.0 Å². The molecular weight excluding hydrogens is 440 g/mol. The van der Waals surface area contributed by atoms with Crippen molar-refractivity contribution < 1.29 is 36.5 Å². The summed E-state index contributed by atoms with van der Waals surface area (Å²) in [5, 5.41) is 0. The molecule has 1 aliphatic carbocycles. The molecule has 2 aromatic carbocycles. The molecular formula is C25H30F4O4. The van der Waals surface area contributed by atoms with E-state index in [9.17, 15) is 0 Å². The second-order valence-electron chi connectivity index (χ2n) is 8.03. The van der Waals surface area contributed by atoms with E-state index in [2.05, 4.69) is 0 Å². The molecule has 0 atom stereocenters. The highest BCUT2D eigenvalue weighted by molar-refractivity contribution is 5.81. The number of rotatable bonds is 14. The minimum atomic E-state index is -4.43. The molecule has 0 bridgehead atoms. The Bertz CT molecular complexity index is 858. The molecule has 0 aliphatic heterocycles. The third kappa shape index (κ3) is 4.80. The van der Waals surface area contributed by atoms with Crippen molar-refractivity contribution in [2.24, 2.45) is 0 Å². The maximum atomic E-state index is 16.1. The van der Waals surface area contributed by atoms with Gasteiger partial charge in [0.2, 0.25) is 0 Å². The Balaban J connectivity index is 2.02. The average Bonchev–Trinajstić information content (AvgIpc) is 3.10. The van der Waals surface area contributed by atoms with E-state index in [1.807, 2.05) is 0 Å². The van der Waals surface area contributed by atoms with Crippen LogP contribution in [0.15, 0.2) is 48.5 Å². The van der Waals surface area contributed by atoms with Crippen molar-refractivity contribution in [3.05, 3.63) is 59.7 Å². The summed E-state index contributed by atoms with van der Waals surface area (Å²) in [6.07, 6.45) is -0.0444. The van der Waals surface area contributed by atoms with Gasteiger partial charge in [-0.05, 0) is 35.1 Å². The largest absolute Gasteiger partial charge is 0.382 e. The second kappa shape index (κ2) is 11.0. The van der Waals surface area contributed by atoms with Gasteiger partial charge < -0.3 is 18.9 Å². The summed E-state index contributed by atoms with van der Waals surface area (Å²) in [4.78, 5) is 0. The van der Waals surface area contributed by atoms with Crippen LogP contribution in [0.4, 0.5) is 17.6 Å². The normalized spacial score (nSPS) is 14.8. The van der Waals surface area contributed by atoms with E-state index in [0.717, 1.165) is 0 Å². The molecule has 0 saturated heterocycles. The third-order valence-corrected chi connectivity index (χ3v) is 6.05. The molecule has 0 spiro atoms. The molecule has 182 valence electrons. The summed E-state index contributed by atoms with van der Waals surface area (Å²) in [5.74, 6) is -8.84. The molecule has 0 unspecified atom stereocenters. The number of hydrogen-bond acceptors (Lipinski definition) is 4. The zero-order valence-corrected chi connectivity index (χ0v) is 18.9. The molecule has 0 heterocycles. The number of ether oxygens (including phenoxy) is 4. The van der Waals surface area contributed by atoms with Crippen LogP contribution in [0.2, 0.25) is 0 Å². The van der Waals surface area contributed by atoms with Crippen LogP contribution in [0.3, 0.4) is 0 Å². The molecule has 0 amide bonds. The van der Waals surface area contributed by atoms with Gasteiger partial charge in [-0.3, -0.25) is 0 Å². The topological polar surface area (TPSA) is 36.9 Å². The lowest BCUT2D eigenvalue weighted by atomic mass is 9.67. The van der Waals surface area contributed by atoms with Crippen molar-refractivity contribution in [2.45, 2.75) is 30.1 Å². The summed E-state index contributed by atoms with van der Waals surface area (Å²) in [6.45, 7) is -0.741. The lowest BCUT2D eigenvalue weighted by Gasteiger charge is -2.43. The van der Waals surface area contributed by atoms with Crippen LogP contribution in [0.25, 0.3) is 11.1 Å². The van der Waals surface area contributed by atoms with Gasteiger partial charge in [0.05, 0.1) is 31.8 Å². The molecule has 0 aromatic heterocycles. The second-order valence-corrected chi connectivity index (χ2v) is 8.03. The summed E-state index contributed by atoms with van der Waals surface area (Å²) in [6, 6.07) is 13.1. The monoisotopic (exact) mass is 470 g/mol. The number of methoxy groups -OCH3 is 2. The first-order valence-corrected chi connectivity index (χ1v) is 10.9. The van der Waals surface area contributed by atoms with E-state index in [4.69, 9.17) is 18.9 Å². The minimum absolute atomic E-state index is 0.0390. The lowest BCUT2D eigenvalue weighted by molar-refractivity contribution is -0.259. The van der Waals surface area contributed by atoms with Crippen molar-refractivity contribution in [1.82, 2.24) is 0 Å². The van der Waals surface area contributed by atoms with Crippen molar-refractivity contribution in [1.29, 1.82) is 0 Å². The minimum Gasteiger partial charge on any atom is -0.382 e. The quantitative estimate of drug-likeness (QED) is 0.276. The standard InChI is InChI=1S/C25H30F4O4/c1-30-14-16-32-13-7-12-23(25(28,29)24(26,27)18-33-17-15-31-2)21-10-5-3-8-19(21)20-9-4-6-11-22(20)23/h3-6,8-11H,7,12-18H2,1-2H3. The van der Waals surface area contributed by atoms with E-state index >= 15 is 17.6 Å². The number of alkyl halides is 4. The van der Waals surface area contributed by atoms with Crippen LogP contribution >= 0.6 is 0 Å². The molecule has 0 saturated carbocycles. The van der Waals surface area contributed by atoms with Crippen molar-refractivity contribution >= 4 is 0 Å². The van der Waals surface area contributed by atoms with Crippen LogP contribution in [0, 0.1) is 0 Å². The Morgan fingerprint density at radius 3 is 1.76 bits per heavy atom. The molecule has 2 aromatic rings. The van der Waals surface area contributed by atoms with Gasteiger partial charge in [0.1, 0.15) is 6.61 Å². The van der Waals surface area contributed by atoms with Gasteiger partial charge in [0.25, 0.3) is 0 Å².